The first kappa shape index (κ1) is 17.9. The lowest BCUT2D eigenvalue weighted by Crippen LogP contribution is -2.39. The van der Waals surface area contributed by atoms with E-state index in [1.54, 1.807) is 6.07 Å². The van der Waals surface area contributed by atoms with Gasteiger partial charge < -0.3 is 19.1 Å². The van der Waals surface area contributed by atoms with Gasteiger partial charge in [-0.1, -0.05) is 0 Å². The van der Waals surface area contributed by atoms with Crippen LogP contribution in [0.1, 0.15) is 0 Å². The summed E-state index contributed by atoms with van der Waals surface area (Å²) in [5.74, 6) is -2.14. The van der Waals surface area contributed by atoms with Gasteiger partial charge in [-0.3, -0.25) is 0 Å². The van der Waals surface area contributed by atoms with E-state index >= 15 is 0 Å². The molecule has 0 amide bonds. The van der Waals surface area contributed by atoms with Crippen molar-refractivity contribution in [1.82, 2.24) is 0 Å². The number of carbonyl (C=O) groups excluding carboxylic acids is 2. The second kappa shape index (κ2) is 7.41. The van der Waals surface area contributed by atoms with Crippen molar-refractivity contribution in [3.05, 3.63) is 38.2 Å². The fourth-order valence-corrected chi connectivity index (χ4v) is 2.70. The summed E-state index contributed by atoms with van der Waals surface area (Å²) in [6, 6.07) is 3.06. The average molecular weight is 453 g/mol. The second-order valence-corrected chi connectivity index (χ2v) is 6.06. The molecule has 0 atom stereocenters. The van der Waals surface area contributed by atoms with E-state index in [1.807, 2.05) is 0 Å². The summed E-state index contributed by atoms with van der Waals surface area (Å²) in [4.78, 5) is 25.2. The molecule has 23 heavy (non-hydrogen) atoms. The number of methoxy groups -OCH3 is 2. The Morgan fingerprint density at radius 3 is 2.48 bits per heavy atom. The molecule has 1 aromatic carbocycles. The van der Waals surface area contributed by atoms with Crippen molar-refractivity contribution in [3.63, 3.8) is 0 Å². The molecule has 0 bridgehead atoms. The quantitative estimate of drug-likeness (QED) is 0.519. The molecule has 0 N–H and O–H groups in total. The number of hydrogen-bond donors (Lipinski definition) is 0. The van der Waals surface area contributed by atoms with E-state index < -0.39 is 17.8 Å². The van der Waals surface area contributed by atoms with Crippen molar-refractivity contribution in [2.75, 3.05) is 32.5 Å². The van der Waals surface area contributed by atoms with Gasteiger partial charge in [0, 0.05) is 4.47 Å². The van der Waals surface area contributed by atoms with Gasteiger partial charge in [0.15, 0.2) is 5.82 Å². The minimum absolute atomic E-state index is 0.0379. The standard InChI is InChI=1S/C14H12Br2FNO5/c1-21-13(19)7-5-23-6-18(12(7)14(20)22-2)9-4-3-8(15)10(16)11(9)17/h3-4H,5-6H2,1-2H3. The zero-order valence-corrected chi connectivity index (χ0v) is 15.4. The lowest BCUT2D eigenvalue weighted by atomic mass is 10.1. The first-order valence-electron chi connectivity index (χ1n) is 6.30. The molecule has 1 aliphatic heterocycles. The van der Waals surface area contributed by atoms with Crippen LogP contribution in [-0.4, -0.2) is 39.5 Å². The van der Waals surface area contributed by atoms with E-state index in [0.717, 1.165) is 0 Å². The largest absolute Gasteiger partial charge is 0.466 e. The molecule has 1 aliphatic rings. The molecule has 0 saturated heterocycles. The maximum absolute atomic E-state index is 14.5. The van der Waals surface area contributed by atoms with E-state index in [-0.39, 0.29) is 34.8 Å². The molecule has 9 heteroatoms. The highest BCUT2D eigenvalue weighted by Crippen LogP contribution is 2.35. The number of esters is 2. The molecule has 0 spiro atoms. The summed E-state index contributed by atoms with van der Waals surface area (Å²) < 4.78 is 29.9. The molecule has 0 unspecified atom stereocenters. The fraction of sp³-hybridized carbons (Fsp3) is 0.286. The summed E-state index contributed by atoms with van der Waals surface area (Å²) in [5.41, 5.74) is -0.0932. The van der Waals surface area contributed by atoms with E-state index in [2.05, 4.69) is 36.6 Å². The minimum Gasteiger partial charge on any atom is -0.466 e. The highest BCUT2D eigenvalue weighted by atomic mass is 79.9. The topological polar surface area (TPSA) is 65.1 Å². The molecular formula is C14H12Br2FNO5. The van der Waals surface area contributed by atoms with Crippen LogP contribution in [0.15, 0.2) is 32.3 Å². The molecule has 0 aromatic heterocycles. The third-order valence-corrected chi connectivity index (χ3v) is 5.11. The molecule has 0 aliphatic carbocycles. The monoisotopic (exact) mass is 451 g/mol. The zero-order valence-electron chi connectivity index (χ0n) is 12.2. The average Bonchev–Trinajstić information content (AvgIpc) is 2.57. The lowest BCUT2D eigenvalue weighted by molar-refractivity contribution is -0.140. The SMILES string of the molecule is COC(=O)C1=C(C(=O)OC)N(c2ccc(Br)c(Br)c2F)COC1. The van der Waals surface area contributed by atoms with Crippen molar-refractivity contribution in [1.29, 1.82) is 0 Å². The maximum Gasteiger partial charge on any atom is 0.355 e. The van der Waals surface area contributed by atoms with Crippen LogP contribution in [0, 0.1) is 5.82 Å². The Bertz CT molecular complexity index is 692. The van der Waals surface area contributed by atoms with Crippen LogP contribution in [0.3, 0.4) is 0 Å². The third kappa shape index (κ3) is 3.41. The van der Waals surface area contributed by atoms with Crippen LogP contribution < -0.4 is 4.90 Å². The first-order valence-corrected chi connectivity index (χ1v) is 7.89. The van der Waals surface area contributed by atoms with Crippen LogP contribution in [0.25, 0.3) is 0 Å². The molecule has 1 aromatic rings. The summed E-state index contributed by atoms with van der Waals surface area (Å²) in [5, 5.41) is 0. The Morgan fingerprint density at radius 1 is 1.22 bits per heavy atom. The molecule has 6 nitrogen and oxygen atoms in total. The van der Waals surface area contributed by atoms with E-state index in [1.165, 1.54) is 25.2 Å². The number of rotatable bonds is 3. The predicted molar refractivity (Wildman–Crippen MR) is 86.2 cm³/mol. The number of ether oxygens (including phenoxy) is 3. The number of hydrogen-bond acceptors (Lipinski definition) is 6. The predicted octanol–water partition coefficient (Wildman–Crippen LogP) is 2.74. The number of nitrogens with zero attached hydrogens (tertiary/aromatic N) is 1. The summed E-state index contributed by atoms with van der Waals surface area (Å²) in [7, 11) is 2.35. The van der Waals surface area contributed by atoms with E-state index in [9.17, 15) is 14.0 Å². The number of carbonyl (C=O) groups is 2. The normalized spacial score (nSPS) is 14.7. The van der Waals surface area contributed by atoms with Crippen LogP contribution >= 0.6 is 31.9 Å². The minimum atomic E-state index is -0.785. The van der Waals surface area contributed by atoms with Crippen LogP contribution in [0.4, 0.5) is 10.1 Å². The van der Waals surface area contributed by atoms with Gasteiger partial charge >= 0.3 is 11.9 Å². The molecule has 0 saturated carbocycles. The van der Waals surface area contributed by atoms with Crippen LogP contribution in [0.5, 0.6) is 0 Å². The Hall–Kier alpha value is -1.45. The van der Waals surface area contributed by atoms with Gasteiger partial charge in [-0.25, -0.2) is 14.0 Å². The zero-order chi connectivity index (χ0) is 17.1. The number of benzene rings is 1. The van der Waals surface area contributed by atoms with E-state index in [0.29, 0.717) is 4.47 Å². The number of halogens is 3. The van der Waals surface area contributed by atoms with Crippen molar-refractivity contribution in [2.45, 2.75) is 0 Å². The lowest BCUT2D eigenvalue weighted by Gasteiger charge is -2.31. The third-order valence-electron chi connectivity index (χ3n) is 3.14. The van der Waals surface area contributed by atoms with Gasteiger partial charge in [0.2, 0.25) is 0 Å². The molecule has 0 radical (unpaired) electrons. The molecule has 1 heterocycles. The van der Waals surface area contributed by atoms with Crippen molar-refractivity contribution in [2.24, 2.45) is 0 Å². The molecular weight excluding hydrogens is 441 g/mol. The number of anilines is 1. The van der Waals surface area contributed by atoms with Crippen LogP contribution in [-0.2, 0) is 23.8 Å². The molecule has 124 valence electrons. The van der Waals surface area contributed by atoms with Gasteiger partial charge in [0.05, 0.1) is 36.6 Å². The van der Waals surface area contributed by atoms with Gasteiger partial charge in [0.25, 0.3) is 0 Å². The Kier molecular flexibility index (Phi) is 5.77. The van der Waals surface area contributed by atoms with Crippen molar-refractivity contribution >= 4 is 49.5 Å². The smallest absolute Gasteiger partial charge is 0.355 e. The Balaban J connectivity index is 2.62. The molecule has 0 fully saturated rings. The van der Waals surface area contributed by atoms with Crippen molar-refractivity contribution in [3.8, 4) is 0 Å². The Labute approximate surface area is 148 Å². The first-order chi connectivity index (χ1) is 10.9. The highest BCUT2D eigenvalue weighted by molar-refractivity contribution is 9.13. The van der Waals surface area contributed by atoms with Gasteiger partial charge in [-0.05, 0) is 44.0 Å². The molecule has 2 rings (SSSR count). The maximum atomic E-state index is 14.5. The Morgan fingerprint density at radius 2 is 1.87 bits per heavy atom. The van der Waals surface area contributed by atoms with Gasteiger partial charge in [0.1, 0.15) is 12.4 Å². The van der Waals surface area contributed by atoms with Gasteiger partial charge in [-0.15, -0.1) is 0 Å². The van der Waals surface area contributed by atoms with Gasteiger partial charge in [-0.2, -0.15) is 0 Å². The summed E-state index contributed by atoms with van der Waals surface area (Å²) in [6.07, 6.45) is 0. The summed E-state index contributed by atoms with van der Waals surface area (Å²) >= 11 is 6.31. The fourth-order valence-electron chi connectivity index (χ4n) is 2.06. The second-order valence-electron chi connectivity index (χ2n) is 4.41. The van der Waals surface area contributed by atoms with Crippen LogP contribution in [0.2, 0.25) is 0 Å². The summed E-state index contributed by atoms with van der Waals surface area (Å²) in [6.45, 7) is -0.247. The van der Waals surface area contributed by atoms with Crippen molar-refractivity contribution < 1.29 is 28.2 Å². The highest BCUT2D eigenvalue weighted by Gasteiger charge is 2.34. The van der Waals surface area contributed by atoms with E-state index in [4.69, 9.17) is 9.47 Å².